The van der Waals surface area contributed by atoms with Crippen LogP contribution in [0, 0.1) is 5.92 Å². The largest absolute Gasteiger partial charge is 0.323 e. The van der Waals surface area contributed by atoms with E-state index < -0.39 is 0 Å². The molecule has 0 amide bonds. The van der Waals surface area contributed by atoms with Gasteiger partial charge in [-0.05, 0) is 51.7 Å². The Kier molecular flexibility index (Phi) is 4.49. The van der Waals surface area contributed by atoms with Crippen molar-refractivity contribution in [2.75, 3.05) is 0 Å². The maximum atomic E-state index is 6.16. The lowest BCUT2D eigenvalue weighted by atomic mass is 10.0. The number of rotatable bonds is 3. The number of nitrogens with two attached hydrogens (primary N) is 1. The molecule has 1 nitrogen and oxygen atoms in total. The maximum absolute atomic E-state index is 6.16. The first-order chi connectivity index (χ1) is 8.49. The minimum Gasteiger partial charge on any atom is -0.323 e. The van der Waals surface area contributed by atoms with Crippen LogP contribution < -0.4 is 5.73 Å². The topological polar surface area (TPSA) is 26.0 Å². The summed E-state index contributed by atoms with van der Waals surface area (Å²) >= 11 is 11.3. The molecule has 1 aromatic heterocycles. The summed E-state index contributed by atoms with van der Waals surface area (Å²) < 4.78 is 0.920. The summed E-state index contributed by atoms with van der Waals surface area (Å²) in [5, 5.41) is 0.732. The van der Waals surface area contributed by atoms with Crippen molar-refractivity contribution in [1.29, 1.82) is 0 Å². The number of hydrogen-bond acceptors (Lipinski definition) is 2. The first-order valence-electron chi connectivity index (χ1n) is 5.79. The van der Waals surface area contributed by atoms with Crippen molar-refractivity contribution in [3.05, 3.63) is 44.7 Å². The van der Waals surface area contributed by atoms with E-state index in [9.17, 15) is 0 Å². The van der Waals surface area contributed by atoms with Gasteiger partial charge in [-0.15, -0.1) is 11.3 Å². The van der Waals surface area contributed by atoms with Crippen molar-refractivity contribution in [2.45, 2.75) is 19.9 Å². The van der Waals surface area contributed by atoms with E-state index in [1.807, 2.05) is 12.1 Å². The second kappa shape index (κ2) is 5.74. The minimum absolute atomic E-state index is 0.106. The van der Waals surface area contributed by atoms with Crippen LogP contribution in [0.2, 0.25) is 5.02 Å². The van der Waals surface area contributed by atoms with Gasteiger partial charge in [-0.2, -0.15) is 0 Å². The van der Waals surface area contributed by atoms with Crippen molar-refractivity contribution in [2.24, 2.45) is 11.7 Å². The molecule has 18 heavy (non-hydrogen) atoms. The summed E-state index contributed by atoms with van der Waals surface area (Å²) in [6.07, 6.45) is 0. The van der Waals surface area contributed by atoms with Gasteiger partial charge < -0.3 is 5.73 Å². The van der Waals surface area contributed by atoms with Gasteiger partial charge in [0.05, 0.1) is 5.02 Å². The third-order valence-corrected chi connectivity index (χ3v) is 5.35. The molecule has 96 valence electrons. The molecule has 0 fully saturated rings. The fourth-order valence-corrected chi connectivity index (χ4v) is 3.27. The van der Waals surface area contributed by atoms with E-state index in [1.165, 1.54) is 9.75 Å². The van der Waals surface area contributed by atoms with Crippen LogP contribution in [0.1, 0.15) is 24.8 Å². The van der Waals surface area contributed by atoms with Crippen molar-refractivity contribution < 1.29 is 0 Å². The zero-order chi connectivity index (χ0) is 13.3. The Morgan fingerprint density at radius 2 is 1.94 bits per heavy atom. The summed E-state index contributed by atoms with van der Waals surface area (Å²) in [4.78, 5) is 2.43. The Labute approximate surface area is 125 Å². The van der Waals surface area contributed by atoms with Gasteiger partial charge in [-0.3, -0.25) is 0 Å². The Hall–Kier alpha value is -0.350. The lowest BCUT2D eigenvalue weighted by molar-refractivity contribution is 0.521. The lowest BCUT2D eigenvalue weighted by Gasteiger charge is -2.12. The van der Waals surface area contributed by atoms with Crippen molar-refractivity contribution >= 4 is 38.9 Å². The summed E-state index contributed by atoms with van der Waals surface area (Å²) in [5.74, 6) is 0.449. The fraction of sp³-hybridized carbons (Fsp3) is 0.286. The molecule has 0 bridgehead atoms. The minimum atomic E-state index is 0.106. The van der Waals surface area contributed by atoms with Gasteiger partial charge in [0, 0.05) is 20.3 Å². The van der Waals surface area contributed by atoms with Crippen LogP contribution >= 0.6 is 38.9 Å². The van der Waals surface area contributed by atoms with Crippen molar-refractivity contribution in [3.8, 4) is 10.4 Å². The van der Waals surface area contributed by atoms with Crippen LogP contribution in [0.4, 0.5) is 0 Å². The van der Waals surface area contributed by atoms with Crippen LogP contribution in [-0.4, -0.2) is 0 Å². The highest BCUT2D eigenvalue weighted by molar-refractivity contribution is 9.10. The van der Waals surface area contributed by atoms with E-state index >= 15 is 0 Å². The second-order valence-corrected chi connectivity index (χ2v) is 6.98. The quantitative estimate of drug-likeness (QED) is 0.783. The average Bonchev–Trinajstić information content (AvgIpc) is 2.81. The number of benzene rings is 1. The third-order valence-electron chi connectivity index (χ3n) is 2.88. The van der Waals surface area contributed by atoms with Gasteiger partial charge in [0.1, 0.15) is 0 Å². The van der Waals surface area contributed by atoms with Crippen LogP contribution in [0.5, 0.6) is 0 Å². The van der Waals surface area contributed by atoms with Crippen LogP contribution in [-0.2, 0) is 0 Å². The Morgan fingerprint density at radius 1 is 1.22 bits per heavy atom. The highest BCUT2D eigenvalue weighted by Gasteiger charge is 2.13. The predicted octanol–water partition coefficient (Wildman–Crippen LogP) is 5.49. The molecule has 0 aliphatic rings. The fourth-order valence-electron chi connectivity index (χ4n) is 1.67. The zero-order valence-corrected chi connectivity index (χ0v) is 13.4. The molecule has 0 saturated heterocycles. The highest BCUT2D eigenvalue weighted by Crippen LogP contribution is 2.35. The number of halogens is 2. The Bertz CT molecular complexity index is 550. The first kappa shape index (κ1) is 14.1. The molecule has 0 aliphatic carbocycles. The van der Waals surface area contributed by atoms with Gasteiger partial charge in [0.25, 0.3) is 0 Å². The molecular weight excluding hydrogens is 330 g/mol. The lowest BCUT2D eigenvalue weighted by Crippen LogP contribution is -2.14. The molecule has 0 radical (unpaired) electrons. The average molecular weight is 345 g/mol. The van der Waals surface area contributed by atoms with Gasteiger partial charge >= 0.3 is 0 Å². The molecule has 1 aromatic carbocycles. The van der Waals surface area contributed by atoms with Gasteiger partial charge in [-0.25, -0.2) is 0 Å². The van der Waals surface area contributed by atoms with E-state index in [-0.39, 0.29) is 6.04 Å². The van der Waals surface area contributed by atoms with Crippen molar-refractivity contribution in [3.63, 3.8) is 0 Å². The summed E-state index contributed by atoms with van der Waals surface area (Å²) in [5.41, 5.74) is 7.29. The van der Waals surface area contributed by atoms with Gasteiger partial charge in [0.15, 0.2) is 0 Å². The first-order valence-corrected chi connectivity index (χ1v) is 7.78. The van der Waals surface area contributed by atoms with Crippen LogP contribution in [0.15, 0.2) is 34.8 Å². The molecule has 1 atom stereocenters. The van der Waals surface area contributed by atoms with E-state index in [0.29, 0.717) is 5.92 Å². The monoisotopic (exact) mass is 343 g/mol. The molecule has 0 saturated carbocycles. The Morgan fingerprint density at radius 3 is 2.56 bits per heavy atom. The molecule has 2 rings (SSSR count). The number of hydrogen-bond donors (Lipinski definition) is 1. The third kappa shape index (κ3) is 2.97. The summed E-state index contributed by atoms with van der Waals surface area (Å²) in [6, 6.07) is 10.3. The molecule has 2 N–H and O–H groups in total. The molecule has 2 aromatic rings. The molecule has 0 aliphatic heterocycles. The van der Waals surface area contributed by atoms with E-state index in [2.05, 4.69) is 48.0 Å². The second-order valence-electron chi connectivity index (χ2n) is 4.60. The van der Waals surface area contributed by atoms with Gasteiger partial charge in [-0.1, -0.05) is 31.5 Å². The molecule has 1 unspecified atom stereocenters. The molecule has 0 spiro atoms. The molecule has 1 heterocycles. The van der Waals surface area contributed by atoms with Crippen LogP contribution in [0.3, 0.4) is 0 Å². The zero-order valence-electron chi connectivity index (χ0n) is 10.3. The normalized spacial score (nSPS) is 13.0. The summed E-state index contributed by atoms with van der Waals surface area (Å²) in [6.45, 7) is 4.28. The van der Waals surface area contributed by atoms with Gasteiger partial charge in [0.2, 0.25) is 0 Å². The summed E-state index contributed by atoms with van der Waals surface area (Å²) in [7, 11) is 0. The Balaban J connectivity index is 2.32. The van der Waals surface area contributed by atoms with Crippen molar-refractivity contribution in [1.82, 2.24) is 0 Å². The molecular formula is C14H15BrClNS. The van der Waals surface area contributed by atoms with E-state index in [0.717, 1.165) is 15.1 Å². The standard InChI is InChI=1S/C14H15BrClNS/c1-8(2)14(17)13-6-5-12(18-13)9-3-4-10(15)11(16)7-9/h3-8,14H,17H2,1-2H3. The van der Waals surface area contributed by atoms with E-state index in [1.54, 1.807) is 11.3 Å². The predicted molar refractivity (Wildman–Crippen MR) is 84.2 cm³/mol. The maximum Gasteiger partial charge on any atom is 0.0554 e. The highest BCUT2D eigenvalue weighted by atomic mass is 79.9. The van der Waals surface area contributed by atoms with Crippen LogP contribution in [0.25, 0.3) is 10.4 Å². The van der Waals surface area contributed by atoms with E-state index in [4.69, 9.17) is 17.3 Å². The SMILES string of the molecule is CC(C)C(N)c1ccc(-c2ccc(Br)c(Cl)c2)s1. The molecule has 4 heteroatoms. The number of thiophene rings is 1. The smallest absolute Gasteiger partial charge is 0.0554 e.